The van der Waals surface area contributed by atoms with Crippen LogP contribution in [0.4, 0.5) is 4.79 Å². The van der Waals surface area contributed by atoms with Crippen molar-refractivity contribution in [2.75, 3.05) is 26.2 Å². The maximum atomic E-state index is 14.2. The van der Waals surface area contributed by atoms with Crippen LogP contribution < -0.4 is 0 Å². The van der Waals surface area contributed by atoms with Crippen LogP contribution in [0.15, 0.2) is 60.7 Å². The molecule has 202 valence electrons. The number of amides is 3. The summed E-state index contributed by atoms with van der Waals surface area (Å²) >= 11 is 0. The first-order valence-electron chi connectivity index (χ1n) is 14.5. The van der Waals surface area contributed by atoms with Crippen molar-refractivity contribution in [1.29, 1.82) is 0 Å². The Balaban J connectivity index is 1.10. The molecule has 2 aromatic rings. The number of piperidine rings is 1. The number of benzene rings is 2. The van der Waals surface area contributed by atoms with Gasteiger partial charge in [0.1, 0.15) is 18.2 Å². The van der Waals surface area contributed by atoms with Crippen LogP contribution in [0.5, 0.6) is 0 Å². The van der Waals surface area contributed by atoms with Crippen molar-refractivity contribution in [3.8, 4) is 11.1 Å². The van der Waals surface area contributed by atoms with Gasteiger partial charge in [0, 0.05) is 25.6 Å². The van der Waals surface area contributed by atoms with E-state index in [2.05, 4.69) is 30.3 Å². The molecule has 7 nitrogen and oxygen atoms in total. The Hall–Kier alpha value is -3.61. The van der Waals surface area contributed by atoms with Crippen molar-refractivity contribution in [2.45, 2.75) is 68.5 Å². The number of nitrogens with zero attached hydrogens (tertiary/aromatic N) is 3. The van der Waals surface area contributed by atoms with Crippen LogP contribution in [0.25, 0.3) is 11.1 Å². The molecule has 39 heavy (non-hydrogen) atoms. The van der Waals surface area contributed by atoms with E-state index in [9.17, 15) is 14.4 Å². The highest BCUT2D eigenvalue weighted by molar-refractivity contribution is 5.98. The molecule has 0 N–H and O–H groups in total. The second-order valence-electron chi connectivity index (χ2n) is 11.6. The molecule has 0 radical (unpaired) electrons. The third-order valence-corrected chi connectivity index (χ3v) is 9.56. The minimum atomic E-state index is -1.07. The van der Waals surface area contributed by atoms with Crippen molar-refractivity contribution in [3.63, 3.8) is 0 Å². The van der Waals surface area contributed by atoms with Gasteiger partial charge in [-0.25, -0.2) is 4.79 Å². The van der Waals surface area contributed by atoms with Gasteiger partial charge in [0.05, 0.1) is 6.04 Å². The zero-order valence-corrected chi connectivity index (χ0v) is 22.3. The summed E-state index contributed by atoms with van der Waals surface area (Å²) < 4.78 is 5.99. The zero-order valence-electron chi connectivity index (χ0n) is 22.3. The van der Waals surface area contributed by atoms with Gasteiger partial charge >= 0.3 is 6.09 Å². The van der Waals surface area contributed by atoms with E-state index in [1.165, 1.54) is 11.1 Å². The number of likely N-dealkylation sites (tertiary alicyclic amines) is 2. The SMILES string of the molecule is O=C([C@@H]1CC[C@H]2C=C[C@]3(CCCN3C(=O)OCC3c4ccccc4-c4ccccc43)C(=O)N21)N1CCCCC1. The Morgan fingerprint density at radius 3 is 2.28 bits per heavy atom. The maximum absolute atomic E-state index is 14.2. The smallest absolute Gasteiger partial charge is 0.410 e. The summed E-state index contributed by atoms with van der Waals surface area (Å²) in [5.74, 6) is -0.0810. The normalized spacial score (nSPS) is 27.6. The van der Waals surface area contributed by atoms with E-state index in [0.29, 0.717) is 19.4 Å². The van der Waals surface area contributed by atoms with Gasteiger partial charge < -0.3 is 14.5 Å². The lowest BCUT2D eigenvalue weighted by Crippen LogP contribution is -2.63. The predicted octanol–water partition coefficient (Wildman–Crippen LogP) is 4.71. The molecule has 1 aliphatic carbocycles. The quantitative estimate of drug-likeness (QED) is 0.544. The number of carbonyl (C=O) groups is 3. The van der Waals surface area contributed by atoms with Gasteiger partial charge in [0.2, 0.25) is 5.91 Å². The van der Waals surface area contributed by atoms with Gasteiger partial charge in [0.25, 0.3) is 5.91 Å². The van der Waals surface area contributed by atoms with E-state index in [4.69, 9.17) is 4.74 Å². The van der Waals surface area contributed by atoms with E-state index in [-0.39, 0.29) is 30.4 Å². The van der Waals surface area contributed by atoms with Crippen molar-refractivity contribution < 1.29 is 19.1 Å². The Morgan fingerprint density at radius 2 is 1.56 bits per heavy atom. The van der Waals surface area contributed by atoms with E-state index in [0.717, 1.165) is 56.3 Å². The number of carbonyl (C=O) groups excluding carboxylic acids is 3. The minimum absolute atomic E-state index is 0.0352. The first kappa shape index (κ1) is 24.4. The predicted molar refractivity (Wildman–Crippen MR) is 147 cm³/mol. The summed E-state index contributed by atoms with van der Waals surface area (Å²) in [4.78, 5) is 46.6. The topological polar surface area (TPSA) is 70.2 Å². The second kappa shape index (κ2) is 9.54. The third-order valence-electron chi connectivity index (χ3n) is 9.56. The van der Waals surface area contributed by atoms with Gasteiger partial charge in [-0.2, -0.15) is 0 Å². The number of rotatable bonds is 3. The van der Waals surface area contributed by atoms with Crippen molar-refractivity contribution in [3.05, 3.63) is 71.8 Å². The number of ether oxygens (including phenoxy) is 1. The summed E-state index contributed by atoms with van der Waals surface area (Å²) in [7, 11) is 0. The highest BCUT2D eigenvalue weighted by Crippen LogP contribution is 2.45. The van der Waals surface area contributed by atoms with Crippen LogP contribution in [0.1, 0.15) is 62.0 Å². The average Bonchev–Trinajstić information content (AvgIpc) is 3.69. The molecule has 4 heterocycles. The lowest BCUT2D eigenvalue weighted by molar-refractivity contribution is -0.150. The Kier molecular flexibility index (Phi) is 5.98. The van der Waals surface area contributed by atoms with Gasteiger partial charge in [0.15, 0.2) is 0 Å². The molecule has 3 fully saturated rings. The van der Waals surface area contributed by atoms with Crippen molar-refractivity contribution in [1.82, 2.24) is 14.7 Å². The molecular weight excluding hydrogens is 490 g/mol. The lowest BCUT2D eigenvalue weighted by Gasteiger charge is -2.44. The molecule has 1 spiro atoms. The monoisotopic (exact) mass is 525 g/mol. The van der Waals surface area contributed by atoms with Gasteiger partial charge in [-0.15, -0.1) is 0 Å². The molecule has 0 bridgehead atoms. The first-order chi connectivity index (χ1) is 19.1. The molecule has 7 rings (SSSR count). The van der Waals surface area contributed by atoms with E-state index in [1.54, 1.807) is 9.80 Å². The van der Waals surface area contributed by atoms with Crippen LogP contribution in [0, 0.1) is 0 Å². The largest absolute Gasteiger partial charge is 0.448 e. The first-order valence-corrected chi connectivity index (χ1v) is 14.5. The standard InChI is InChI=1S/C32H35N3O4/c36-29(33-18-6-1-7-19-33)28-14-13-22-15-17-32(30(37)35(22)28)16-8-20-34(32)31(38)39-21-27-25-11-4-2-9-23(25)24-10-3-5-12-26(24)27/h2-5,9-12,15,17,22,27-28H,1,6-8,13-14,16,18-21H2/t22-,28-,32+/m0/s1. The van der Waals surface area contributed by atoms with Crippen LogP contribution in [0.3, 0.4) is 0 Å². The van der Waals surface area contributed by atoms with Crippen molar-refractivity contribution in [2.24, 2.45) is 0 Å². The molecule has 3 amide bonds. The van der Waals surface area contributed by atoms with E-state index < -0.39 is 17.7 Å². The summed E-state index contributed by atoms with van der Waals surface area (Å²) in [5, 5.41) is 0. The van der Waals surface area contributed by atoms with Gasteiger partial charge in [-0.05, 0) is 67.2 Å². The Labute approximate surface area is 229 Å². The van der Waals surface area contributed by atoms with Crippen molar-refractivity contribution >= 4 is 17.9 Å². The summed E-state index contributed by atoms with van der Waals surface area (Å²) in [5.41, 5.74) is 3.62. The number of fused-ring (bicyclic) bond motifs is 4. The van der Waals surface area contributed by atoms with Crippen LogP contribution in [0.2, 0.25) is 0 Å². The van der Waals surface area contributed by atoms with Gasteiger partial charge in [-0.3, -0.25) is 14.5 Å². The summed E-state index contributed by atoms with van der Waals surface area (Å²) in [6.45, 7) is 2.24. The molecule has 0 saturated carbocycles. The van der Waals surface area contributed by atoms with Crippen LogP contribution >= 0.6 is 0 Å². The Bertz CT molecular complexity index is 1300. The van der Waals surface area contributed by atoms with E-state index in [1.807, 2.05) is 35.2 Å². The molecule has 0 unspecified atom stereocenters. The molecule has 4 aliphatic heterocycles. The molecule has 7 heteroatoms. The Morgan fingerprint density at radius 1 is 0.872 bits per heavy atom. The number of hydrogen-bond acceptors (Lipinski definition) is 4. The third kappa shape index (κ3) is 3.80. The fraction of sp³-hybridized carbons (Fsp3) is 0.469. The van der Waals surface area contributed by atoms with Crippen LogP contribution in [-0.4, -0.2) is 76.5 Å². The molecule has 3 atom stereocenters. The highest BCUT2D eigenvalue weighted by atomic mass is 16.6. The molecule has 0 aromatic heterocycles. The van der Waals surface area contributed by atoms with E-state index >= 15 is 0 Å². The second-order valence-corrected chi connectivity index (χ2v) is 11.6. The highest BCUT2D eigenvalue weighted by Gasteiger charge is 2.57. The minimum Gasteiger partial charge on any atom is -0.448 e. The maximum Gasteiger partial charge on any atom is 0.410 e. The zero-order chi connectivity index (χ0) is 26.6. The lowest BCUT2D eigenvalue weighted by atomic mass is 9.89. The summed E-state index contributed by atoms with van der Waals surface area (Å²) in [6.07, 6.45) is 9.47. The number of hydrogen-bond donors (Lipinski definition) is 0. The molecular formula is C32H35N3O4. The summed E-state index contributed by atoms with van der Waals surface area (Å²) in [6, 6.07) is 16.0. The van der Waals surface area contributed by atoms with Crippen LogP contribution in [-0.2, 0) is 14.3 Å². The molecule has 5 aliphatic rings. The fourth-order valence-corrected chi connectivity index (χ4v) is 7.61. The molecule has 2 aromatic carbocycles. The molecule has 3 saturated heterocycles. The average molecular weight is 526 g/mol. The van der Waals surface area contributed by atoms with Gasteiger partial charge in [-0.1, -0.05) is 60.7 Å². The fourth-order valence-electron chi connectivity index (χ4n) is 7.61.